The number of halogens is 2. The van der Waals surface area contributed by atoms with Crippen LogP contribution in [0.1, 0.15) is 11.1 Å². The van der Waals surface area contributed by atoms with Gasteiger partial charge in [-0.2, -0.15) is 5.26 Å². The fourth-order valence-corrected chi connectivity index (χ4v) is 4.17. The summed E-state index contributed by atoms with van der Waals surface area (Å²) < 4.78 is 10.7. The van der Waals surface area contributed by atoms with Crippen molar-refractivity contribution < 1.29 is 14.3 Å². The molecule has 0 spiro atoms. The average Bonchev–Trinajstić information content (AvgIpc) is 3.25. The Morgan fingerprint density at radius 2 is 1.97 bits per heavy atom. The molecule has 6 nitrogen and oxygen atoms in total. The normalized spacial score (nSPS) is 11.8. The molecule has 1 aliphatic rings. The van der Waals surface area contributed by atoms with Crippen molar-refractivity contribution in [2.24, 2.45) is 0 Å². The SMILES string of the molecule is N#Cc1ccc(-c2ccc3c(c2)OCO3)nc1SCC(=O)NCc1ccc(Cl)cc1Cl. The summed E-state index contributed by atoms with van der Waals surface area (Å²) in [5.41, 5.74) is 2.68. The summed E-state index contributed by atoms with van der Waals surface area (Å²) in [5, 5.41) is 13.7. The molecule has 0 saturated heterocycles. The number of nitriles is 1. The molecule has 0 radical (unpaired) electrons. The van der Waals surface area contributed by atoms with Crippen molar-refractivity contribution in [2.75, 3.05) is 12.5 Å². The number of fused-ring (bicyclic) bond motifs is 1. The maximum Gasteiger partial charge on any atom is 0.231 e. The number of rotatable bonds is 6. The molecular formula is C22H15Cl2N3O3S. The summed E-state index contributed by atoms with van der Waals surface area (Å²) in [6, 6.07) is 16.2. The first kappa shape index (κ1) is 21.3. The fourth-order valence-electron chi connectivity index (χ4n) is 2.90. The van der Waals surface area contributed by atoms with Gasteiger partial charge in [-0.1, -0.05) is 41.0 Å². The number of nitrogens with zero attached hydrogens (tertiary/aromatic N) is 2. The minimum atomic E-state index is -0.199. The standard InChI is InChI=1S/C22H15Cl2N3O3S/c23-16-4-1-15(17(24)8-16)10-26-21(28)11-31-22-14(9-25)2-5-18(27-22)13-3-6-19-20(7-13)30-12-29-19/h1-8H,10-12H2,(H,26,28). The topological polar surface area (TPSA) is 84.2 Å². The molecule has 0 saturated carbocycles. The number of aromatic nitrogens is 1. The van der Waals surface area contributed by atoms with E-state index in [1.807, 2.05) is 18.2 Å². The Bertz CT molecular complexity index is 1200. The fraction of sp³-hybridized carbons (Fsp3) is 0.136. The van der Waals surface area contributed by atoms with Crippen molar-refractivity contribution in [1.82, 2.24) is 10.3 Å². The van der Waals surface area contributed by atoms with Crippen molar-refractivity contribution in [3.05, 3.63) is 69.7 Å². The summed E-state index contributed by atoms with van der Waals surface area (Å²) in [4.78, 5) is 16.9. The number of carbonyl (C=O) groups is 1. The molecule has 156 valence electrons. The van der Waals surface area contributed by atoms with Gasteiger partial charge in [0.05, 0.1) is 17.0 Å². The lowest BCUT2D eigenvalue weighted by molar-refractivity contribution is -0.118. The highest BCUT2D eigenvalue weighted by Gasteiger charge is 2.16. The minimum Gasteiger partial charge on any atom is -0.454 e. The van der Waals surface area contributed by atoms with Crippen LogP contribution >= 0.6 is 35.0 Å². The van der Waals surface area contributed by atoms with Crippen molar-refractivity contribution in [1.29, 1.82) is 5.26 Å². The zero-order valence-corrected chi connectivity index (χ0v) is 18.4. The maximum atomic E-state index is 12.3. The molecule has 4 rings (SSSR count). The van der Waals surface area contributed by atoms with E-state index >= 15 is 0 Å². The number of hydrogen-bond acceptors (Lipinski definition) is 6. The number of amides is 1. The summed E-state index contributed by atoms with van der Waals surface area (Å²) in [6.45, 7) is 0.474. The van der Waals surface area contributed by atoms with Gasteiger partial charge in [0.2, 0.25) is 12.7 Å². The van der Waals surface area contributed by atoms with Gasteiger partial charge in [-0.05, 0) is 48.0 Å². The first-order valence-electron chi connectivity index (χ1n) is 9.18. The highest BCUT2D eigenvalue weighted by Crippen LogP contribution is 2.36. The van der Waals surface area contributed by atoms with Gasteiger partial charge < -0.3 is 14.8 Å². The van der Waals surface area contributed by atoms with E-state index in [0.717, 1.165) is 11.1 Å². The average molecular weight is 472 g/mol. The molecule has 0 bridgehead atoms. The Morgan fingerprint density at radius 1 is 1.13 bits per heavy atom. The van der Waals surface area contributed by atoms with Crippen LogP contribution in [-0.2, 0) is 11.3 Å². The first-order valence-corrected chi connectivity index (χ1v) is 10.9. The van der Waals surface area contributed by atoms with Crippen LogP contribution in [0.5, 0.6) is 11.5 Å². The predicted octanol–water partition coefficient (Wildman–Crippen LogP) is 5.06. The molecule has 31 heavy (non-hydrogen) atoms. The Labute approximate surface area is 193 Å². The Morgan fingerprint density at radius 3 is 2.77 bits per heavy atom. The Balaban J connectivity index is 1.43. The molecule has 1 aliphatic heterocycles. The van der Waals surface area contributed by atoms with Gasteiger partial charge in [-0.3, -0.25) is 4.79 Å². The number of pyridine rings is 1. The smallest absolute Gasteiger partial charge is 0.231 e. The quantitative estimate of drug-likeness (QED) is 0.505. The molecule has 0 unspecified atom stereocenters. The van der Waals surface area contributed by atoms with Crippen molar-refractivity contribution in [3.63, 3.8) is 0 Å². The zero-order chi connectivity index (χ0) is 21.8. The van der Waals surface area contributed by atoms with Crippen LogP contribution in [0.3, 0.4) is 0 Å². The molecule has 2 heterocycles. The van der Waals surface area contributed by atoms with Gasteiger partial charge in [0, 0.05) is 22.2 Å². The summed E-state index contributed by atoms with van der Waals surface area (Å²) in [5.74, 6) is 1.25. The second-order valence-corrected chi connectivity index (χ2v) is 8.34. The zero-order valence-electron chi connectivity index (χ0n) is 16.0. The number of carbonyl (C=O) groups excluding carboxylic acids is 1. The van der Waals surface area contributed by atoms with Crippen LogP contribution in [0.15, 0.2) is 53.6 Å². The third kappa shape index (κ3) is 5.05. The molecule has 0 aliphatic carbocycles. The summed E-state index contributed by atoms with van der Waals surface area (Å²) in [7, 11) is 0. The van der Waals surface area contributed by atoms with Gasteiger partial charge in [0.1, 0.15) is 11.1 Å². The van der Waals surface area contributed by atoms with Crippen LogP contribution in [-0.4, -0.2) is 23.4 Å². The third-order valence-corrected chi connectivity index (χ3v) is 6.06. The lowest BCUT2D eigenvalue weighted by Gasteiger charge is -2.09. The number of hydrogen-bond donors (Lipinski definition) is 1. The lowest BCUT2D eigenvalue weighted by Crippen LogP contribution is -2.24. The van der Waals surface area contributed by atoms with E-state index in [9.17, 15) is 10.1 Å². The highest BCUT2D eigenvalue weighted by atomic mass is 35.5. The molecule has 0 fully saturated rings. The first-order chi connectivity index (χ1) is 15.0. The number of thioether (sulfide) groups is 1. The second-order valence-electron chi connectivity index (χ2n) is 6.53. The molecule has 9 heteroatoms. The molecule has 2 aromatic carbocycles. The largest absolute Gasteiger partial charge is 0.454 e. The van der Waals surface area contributed by atoms with E-state index in [4.69, 9.17) is 32.7 Å². The van der Waals surface area contributed by atoms with Gasteiger partial charge in [-0.15, -0.1) is 0 Å². The van der Waals surface area contributed by atoms with Crippen LogP contribution in [0, 0.1) is 11.3 Å². The van der Waals surface area contributed by atoms with Gasteiger partial charge >= 0.3 is 0 Å². The van der Waals surface area contributed by atoms with Crippen LogP contribution in [0.4, 0.5) is 0 Å². The summed E-state index contributed by atoms with van der Waals surface area (Å²) >= 11 is 13.2. The number of nitrogens with one attached hydrogen (secondary N) is 1. The van der Waals surface area contributed by atoms with Crippen molar-refractivity contribution >= 4 is 40.9 Å². The molecule has 3 aromatic rings. The third-order valence-electron chi connectivity index (χ3n) is 4.48. The molecule has 1 amide bonds. The molecular weight excluding hydrogens is 457 g/mol. The lowest BCUT2D eigenvalue weighted by atomic mass is 10.1. The van der Waals surface area contributed by atoms with E-state index in [0.29, 0.717) is 37.8 Å². The van der Waals surface area contributed by atoms with E-state index < -0.39 is 0 Å². The minimum absolute atomic E-state index is 0.109. The second kappa shape index (κ2) is 9.48. The van der Waals surface area contributed by atoms with Crippen LogP contribution < -0.4 is 14.8 Å². The Kier molecular flexibility index (Phi) is 6.52. The van der Waals surface area contributed by atoms with E-state index in [2.05, 4.69) is 16.4 Å². The predicted molar refractivity (Wildman–Crippen MR) is 120 cm³/mol. The van der Waals surface area contributed by atoms with Crippen molar-refractivity contribution in [2.45, 2.75) is 11.6 Å². The van der Waals surface area contributed by atoms with Crippen LogP contribution in [0.2, 0.25) is 10.0 Å². The summed E-state index contributed by atoms with van der Waals surface area (Å²) in [6.07, 6.45) is 0. The van der Waals surface area contributed by atoms with Gasteiger partial charge in [0.25, 0.3) is 0 Å². The van der Waals surface area contributed by atoms with Gasteiger partial charge in [0.15, 0.2) is 11.5 Å². The van der Waals surface area contributed by atoms with E-state index in [1.165, 1.54) is 11.8 Å². The van der Waals surface area contributed by atoms with E-state index in [1.54, 1.807) is 30.3 Å². The number of benzene rings is 2. The highest BCUT2D eigenvalue weighted by molar-refractivity contribution is 8.00. The van der Waals surface area contributed by atoms with Crippen LogP contribution in [0.25, 0.3) is 11.3 Å². The monoisotopic (exact) mass is 471 g/mol. The molecule has 1 N–H and O–H groups in total. The maximum absolute atomic E-state index is 12.3. The van der Waals surface area contributed by atoms with E-state index in [-0.39, 0.29) is 25.0 Å². The molecule has 1 aromatic heterocycles. The van der Waals surface area contributed by atoms with Gasteiger partial charge in [-0.25, -0.2) is 4.98 Å². The Hall–Kier alpha value is -2.92. The number of ether oxygens (including phenoxy) is 2. The van der Waals surface area contributed by atoms with Crippen molar-refractivity contribution in [3.8, 4) is 28.8 Å². The molecule has 0 atom stereocenters.